The highest BCUT2D eigenvalue weighted by molar-refractivity contribution is 5.69. The van der Waals surface area contributed by atoms with E-state index in [2.05, 4.69) is 6.92 Å². The SMILES string of the molecule is CCCCOC(CCC(=O)OCC)OCc1ccccc1. The Bertz CT molecular complexity index is 378. The number of hydrogen-bond donors (Lipinski definition) is 0. The van der Waals surface area contributed by atoms with E-state index >= 15 is 0 Å². The fraction of sp³-hybridized carbons (Fsp3) is 0.588. The Hall–Kier alpha value is -1.39. The van der Waals surface area contributed by atoms with Crippen molar-refractivity contribution in [1.29, 1.82) is 0 Å². The number of esters is 1. The molecule has 1 aromatic carbocycles. The molecule has 0 aliphatic heterocycles. The predicted octanol–water partition coefficient (Wildman–Crippen LogP) is 3.69. The summed E-state index contributed by atoms with van der Waals surface area (Å²) in [5.41, 5.74) is 1.10. The number of rotatable bonds is 11. The molecule has 0 N–H and O–H groups in total. The second-order valence-corrected chi connectivity index (χ2v) is 4.79. The molecule has 0 bridgehead atoms. The normalized spacial score (nSPS) is 12.1. The third kappa shape index (κ3) is 8.48. The van der Waals surface area contributed by atoms with Crippen LogP contribution in [0.5, 0.6) is 0 Å². The first-order valence-corrected chi connectivity index (χ1v) is 7.69. The van der Waals surface area contributed by atoms with Crippen molar-refractivity contribution in [2.24, 2.45) is 0 Å². The fourth-order valence-corrected chi connectivity index (χ4v) is 1.81. The molecule has 0 radical (unpaired) electrons. The van der Waals surface area contributed by atoms with Crippen molar-refractivity contribution in [2.45, 2.75) is 52.4 Å². The number of unbranched alkanes of at least 4 members (excludes halogenated alkanes) is 1. The molecule has 0 saturated carbocycles. The third-order valence-electron chi connectivity index (χ3n) is 2.97. The lowest BCUT2D eigenvalue weighted by Gasteiger charge is -2.18. The summed E-state index contributed by atoms with van der Waals surface area (Å²) in [5, 5.41) is 0. The summed E-state index contributed by atoms with van der Waals surface area (Å²) in [6, 6.07) is 9.94. The minimum Gasteiger partial charge on any atom is -0.466 e. The van der Waals surface area contributed by atoms with E-state index < -0.39 is 0 Å². The van der Waals surface area contributed by atoms with Gasteiger partial charge in [-0.05, 0) is 18.9 Å². The summed E-state index contributed by atoms with van der Waals surface area (Å²) < 4.78 is 16.4. The first-order chi connectivity index (χ1) is 10.3. The standard InChI is InChI=1S/C17H26O4/c1-3-5-13-20-17(12-11-16(18)19-4-2)21-14-15-9-7-6-8-10-15/h6-10,17H,3-5,11-14H2,1-2H3. The van der Waals surface area contributed by atoms with Crippen molar-refractivity contribution in [3.8, 4) is 0 Å². The van der Waals surface area contributed by atoms with Gasteiger partial charge in [-0.15, -0.1) is 0 Å². The number of carbonyl (C=O) groups excluding carboxylic acids is 1. The predicted molar refractivity (Wildman–Crippen MR) is 81.7 cm³/mol. The molecule has 118 valence electrons. The van der Waals surface area contributed by atoms with Gasteiger partial charge < -0.3 is 14.2 Å². The maximum absolute atomic E-state index is 11.4. The zero-order valence-electron chi connectivity index (χ0n) is 13.0. The summed E-state index contributed by atoms with van der Waals surface area (Å²) in [6.45, 7) is 5.46. The molecule has 0 aromatic heterocycles. The molecule has 0 spiro atoms. The number of hydrogen-bond acceptors (Lipinski definition) is 4. The molecule has 21 heavy (non-hydrogen) atoms. The van der Waals surface area contributed by atoms with Gasteiger partial charge in [0.1, 0.15) is 0 Å². The number of carbonyl (C=O) groups is 1. The number of ether oxygens (including phenoxy) is 3. The second kappa shape index (κ2) is 11.3. The van der Waals surface area contributed by atoms with Crippen molar-refractivity contribution in [3.05, 3.63) is 35.9 Å². The maximum atomic E-state index is 11.4. The average molecular weight is 294 g/mol. The Morgan fingerprint density at radius 1 is 1.14 bits per heavy atom. The van der Waals surface area contributed by atoms with Crippen molar-refractivity contribution < 1.29 is 19.0 Å². The quantitative estimate of drug-likeness (QED) is 0.355. The van der Waals surface area contributed by atoms with E-state index in [1.807, 2.05) is 30.3 Å². The summed E-state index contributed by atoms with van der Waals surface area (Å²) in [4.78, 5) is 11.4. The van der Waals surface area contributed by atoms with Gasteiger partial charge >= 0.3 is 5.97 Å². The zero-order valence-corrected chi connectivity index (χ0v) is 13.0. The highest BCUT2D eigenvalue weighted by Gasteiger charge is 2.13. The number of benzene rings is 1. The minimum atomic E-state index is -0.360. The van der Waals surface area contributed by atoms with E-state index in [4.69, 9.17) is 14.2 Å². The fourth-order valence-electron chi connectivity index (χ4n) is 1.81. The van der Waals surface area contributed by atoms with Gasteiger partial charge in [-0.3, -0.25) is 4.79 Å². The molecule has 4 nitrogen and oxygen atoms in total. The molecule has 0 fully saturated rings. The molecule has 0 aliphatic carbocycles. The Morgan fingerprint density at radius 3 is 2.57 bits per heavy atom. The van der Waals surface area contributed by atoms with E-state index in [1.165, 1.54) is 0 Å². The van der Waals surface area contributed by atoms with Crippen LogP contribution >= 0.6 is 0 Å². The van der Waals surface area contributed by atoms with Crippen LogP contribution in [0.3, 0.4) is 0 Å². The van der Waals surface area contributed by atoms with Crippen LogP contribution in [0.15, 0.2) is 30.3 Å². The molecule has 0 amide bonds. The molecule has 0 saturated heterocycles. The minimum absolute atomic E-state index is 0.204. The smallest absolute Gasteiger partial charge is 0.305 e. The Labute approximate surface area is 127 Å². The first kappa shape index (κ1) is 17.7. The third-order valence-corrected chi connectivity index (χ3v) is 2.97. The van der Waals surface area contributed by atoms with Crippen LogP contribution < -0.4 is 0 Å². The largest absolute Gasteiger partial charge is 0.466 e. The highest BCUT2D eigenvalue weighted by atomic mass is 16.7. The zero-order chi connectivity index (χ0) is 15.3. The van der Waals surface area contributed by atoms with Crippen LogP contribution in [-0.2, 0) is 25.6 Å². The van der Waals surface area contributed by atoms with E-state index in [0.29, 0.717) is 32.7 Å². The monoisotopic (exact) mass is 294 g/mol. The van der Waals surface area contributed by atoms with Gasteiger partial charge in [0.15, 0.2) is 6.29 Å². The van der Waals surface area contributed by atoms with Gasteiger partial charge in [0.2, 0.25) is 0 Å². The Balaban J connectivity index is 2.37. The molecular formula is C17H26O4. The lowest BCUT2D eigenvalue weighted by molar-refractivity contribution is -0.163. The highest BCUT2D eigenvalue weighted by Crippen LogP contribution is 2.10. The van der Waals surface area contributed by atoms with Crippen LogP contribution in [0.4, 0.5) is 0 Å². The Morgan fingerprint density at radius 2 is 1.90 bits per heavy atom. The van der Waals surface area contributed by atoms with Gasteiger partial charge in [-0.1, -0.05) is 43.7 Å². The molecule has 1 unspecified atom stereocenters. The lowest BCUT2D eigenvalue weighted by atomic mass is 10.2. The summed E-state index contributed by atoms with van der Waals surface area (Å²) in [7, 11) is 0. The second-order valence-electron chi connectivity index (χ2n) is 4.79. The van der Waals surface area contributed by atoms with Crippen LogP contribution in [0.2, 0.25) is 0 Å². The molecule has 1 rings (SSSR count). The van der Waals surface area contributed by atoms with Crippen LogP contribution in [-0.4, -0.2) is 25.5 Å². The van der Waals surface area contributed by atoms with Crippen molar-refractivity contribution in [3.63, 3.8) is 0 Å². The summed E-state index contributed by atoms with van der Waals surface area (Å²) in [5.74, 6) is -0.204. The maximum Gasteiger partial charge on any atom is 0.305 e. The lowest BCUT2D eigenvalue weighted by Crippen LogP contribution is -2.20. The Kier molecular flexibility index (Phi) is 9.49. The van der Waals surface area contributed by atoms with Crippen LogP contribution in [0.25, 0.3) is 0 Å². The van der Waals surface area contributed by atoms with Gasteiger partial charge in [0, 0.05) is 13.0 Å². The van der Waals surface area contributed by atoms with Gasteiger partial charge in [-0.2, -0.15) is 0 Å². The average Bonchev–Trinajstić information content (AvgIpc) is 2.51. The van der Waals surface area contributed by atoms with Crippen LogP contribution in [0, 0.1) is 0 Å². The van der Waals surface area contributed by atoms with Crippen molar-refractivity contribution >= 4 is 5.97 Å². The summed E-state index contributed by atoms with van der Waals surface area (Å²) in [6.07, 6.45) is 2.55. The molecule has 4 heteroatoms. The van der Waals surface area contributed by atoms with Gasteiger partial charge in [0.05, 0.1) is 19.6 Å². The molecule has 0 heterocycles. The van der Waals surface area contributed by atoms with Crippen LogP contribution in [0.1, 0.15) is 45.1 Å². The van der Waals surface area contributed by atoms with Gasteiger partial charge in [-0.25, -0.2) is 0 Å². The molecular weight excluding hydrogens is 268 g/mol. The topological polar surface area (TPSA) is 44.8 Å². The van der Waals surface area contributed by atoms with Gasteiger partial charge in [0.25, 0.3) is 0 Å². The van der Waals surface area contributed by atoms with E-state index in [0.717, 1.165) is 18.4 Å². The molecule has 1 atom stereocenters. The van der Waals surface area contributed by atoms with E-state index in [1.54, 1.807) is 6.92 Å². The molecule has 1 aromatic rings. The van der Waals surface area contributed by atoms with Crippen molar-refractivity contribution in [1.82, 2.24) is 0 Å². The molecule has 0 aliphatic rings. The van der Waals surface area contributed by atoms with E-state index in [9.17, 15) is 4.79 Å². The summed E-state index contributed by atoms with van der Waals surface area (Å²) >= 11 is 0. The van der Waals surface area contributed by atoms with Crippen molar-refractivity contribution in [2.75, 3.05) is 13.2 Å². The first-order valence-electron chi connectivity index (χ1n) is 7.69. The van der Waals surface area contributed by atoms with E-state index in [-0.39, 0.29) is 12.3 Å².